The maximum Gasteiger partial charge on any atom is 0.308 e. The quantitative estimate of drug-likeness (QED) is 0.324. The van der Waals surface area contributed by atoms with Crippen LogP contribution < -0.4 is 5.32 Å². The molecule has 0 aliphatic carbocycles. The molecule has 6 heteroatoms. The van der Waals surface area contributed by atoms with Gasteiger partial charge in [0.25, 0.3) is 0 Å². The molecule has 3 aromatic rings. The van der Waals surface area contributed by atoms with Gasteiger partial charge in [-0.1, -0.05) is 55.5 Å². The van der Waals surface area contributed by atoms with Crippen LogP contribution in [-0.4, -0.2) is 35.8 Å². The Morgan fingerprint density at radius 1 is 1.07 bits per heavy atom. The number of rotatable bonds is 9. The Kier molecular flexibility index (Phi) is 7.16. The Labute approximate surface area is 174 Å². The maximum absolute atomic E-state index is 12.4. The summed E-state index contributed by atoms with van der Waals surface area (Å²) < 4.78 is 5.07. The third-order valence-corrected chi connectivity index (χ3v) is 4.70. The van der Waals surface area contributed by atoms with Crippen LogP contribution in [0.2, 0.25) is 0 Å². The van der Waals surface area contributed by atoms with Gasteiger partial charge >= 0.3 is 5.97 Å². The van der Waals surface area contributed by atoms with Crippen molar-refractivity contribution in [1.82, 2.24) is 10.3 Å². The molecule has 30 heavy (non-hydrogen) atoms. The fourth-order valence-electron chi connectivity index (χ4n) is 3.12. The molecule has 0 radical (unpaired) electrons. The molecule has 0 fully saturated rings. The van der Waals surface area contributed by atoms with Crippen LogP contribution in [0.4, 0.5) is 0 Å². The summed E-state index contributed by atoms with van der Waals surface area (Å²) in [5, 5.41) is 3.45. The SMILES string of the molecule is CCc1cccc2c(C(=O)COC(=O)CCNC(=O)/C=C/c3ccccc3)c[nH]c12. The topological polar surface area (TPSA) is 88.3 Å². The van der Waals surface area contributed by atoms with Crippen molar-refractivity contribution < 1.29 is 19.1 Å². The monoisotopic (exact) mass is 404 g/mol. The Hall–Kier alpha value is -3.67. The van der Waals surface area contributed by atoms with E-state index in [1.165, 1.54) is 6.08 Å². The van der Waals surface area contributed by atoms with Crippen molar-refractivity contribution in [1.29, 1.82) is 0 Å². The predicted molar refractivity (Wildman–Crippen MR) is 116 cm³/mol. The minimum atomic E-state index is -0.537. The van der Waals surface area contributed by atoms with Crippen molar-refractivity contribution in [2.75, 3.05) is 13.2 Å². The van der Waals surface area contributed by atoms with Crippen molar-refractivity contribution >= 4 is 34.6 Å². The van der Waals surface area contributed by atoms with Gasteiger partial charge < -0.3 is 15.0 Å². The standard InChI is InChI=1S/C24H24N2O4/c1-2-18-9-6-10-19-20(15-26-24(18)19)21(27)16-30-23(29)13-14-25-22(28)12-11-17-7-4-3-5-8-17/h3-12,15,26H,2,13-14,16H2,1H3,(H,25,28)/b12-11+. The van der Waals surface area contributed by atoms with Crippen LogP contribution in [-0.2, 0) is 20.7 Å². The molecule has 3 rings (SSSR count). The van der Waals surface area contributed by atoms with Gasteiger partial charge in [-0.25, -0.2) is 0 Å². The van der Waals surface area contributed by atoms with E-state index in [0.29, 0.717) is 5.56 Å². The molecule has 1 amide bonds. The minimum absolute atomic E-state index is 0.00787. The lowest BCUT2D eigenvalue weighted by atomic mass is 10.1. The van der Waals surface area contributed by atoms with E-state index in [4.69, 9.17) is 4.74 Å². The van der Waals surface area contributed by atoms with Gasteiger partial charge in [-0.05, 0) is 23.6 Å². The first-order valence-corrected chi connectivity index (χ1v) is 9.87. The van der Waals surface area contributed by atoms with E-state index in [0.717, 1.165) is 28.5 Å². The molecule has 0 aliphatic rings. The number of fused-ring (bicyclic) bond motifs is 1. The number of nitrogens with one attached hydrogen (secondary N) is 2. The molecule has 0 bridgehead atoms. The number of Topliss-reactive ketones (excluding diaryl/α,β-unsaturated/α-hetero) is 1. The molecule has 0 aliphatic heterocycles. The van der Waals surface area contributed by atoms with Crippen LogP contribution in [0.1, 0.15) is 34.8 Å². The highest BCUT2D eigenvalue weighted by atomic mass is 16.5. The number of carbonyl (C=O) groups is 3. The lowest BCUT2D eigenvalue weighted by Crippen LogP contribution is -2.25. The summed E-state index contributed by atoms with van der Waals surface area (Å²) >= 11 is 0. The summed E-state index contributed by atoms with van der Waals surface area (Å²) in [6.45, 7) is 1.86. The molecule has 1 aromatic heterocycles. The average molecular weight is 404 g/mol. The van der Waals surface area contributed by atoms with E-state index in [9.17, 15) is 14.4 Å². The second kappa shape index (κ2) is 10.2. The smallest absolute Gasteiger partial charge is 0.308 e. The second-order valence-electron chi connectivity index (χ2n) is 6.76. The van der Waals surface area contributed by atoms with Crippen molar-refractivity contribution in [3.63, 3.8) is 0 Å². The summed E-state index contributed by atoms with van der Waals surface area (Å²) in [5.74, 6) is -1.10. The number of esters is 1. The van der Waals surface area contributed by atoms with Gasteiger partial charge in [0, 0.05) is 35.3 Å². The number of carbonyl (C=O) groups excluding carboxylic acids is 3. The number of amides is 1. The zero-order valence-corrected chi connectivity index (χ0v) is 16.8. The number of aromatic nitrogens is 1. The third-order valence-electron chi connectivity index (χ3n) is 4.70. The van der Waals surface area contributed by atoms with Crippen molar-refractivity contribution in [3.8, 4) is 0 Å². The number of hydrogen-bond donors (Lipinski definition) is 2. The molecule has 2 aromatic carbocycles. The zero-order valence-electron chi connectivity index (χ0n) is 16.8. The van der Waals surface area contributed by atoms with Crippen molar-refractivity contribution in [3.05, 3.63) is 77.5 Å². The van der Waals surface area contributed by atoms with Crippen LogP contribution in [0, 0.1) is 0 Å². The highest BCUT2D eigenvalue weighted by Gasteiger charge is 2.15. The average Bonchev–Trinajstić information content (AvgIpc) is 3.21. The highest BCUT2D eigenvalue weighted by molar-refractivity contribution is 6.09. The van der Waals surface area contributed by atoms with E-state index < -0.39 is 5.97 Å². The first-order chi connectivity index (χ1) is 14.6. The number of aromatic amines is 1. The van der Waals surface area contributed by atoms with E-state index >= 15 is 0 Å². The zero-order chi connectivity index (χ0) is 21.3. The molecular formula is C24H24N2O4. The Balaban J connectivity index is 1.43. The molecule has 0 atom stereocenters. The molecule has 2 N–H and O–H groups in total. The van der Waals surface area contributed by atoms with E-state index in [2.05, 4.69) is 17.2 Å². The number of H-pyrrole nitrogens is 1. The van der Waals surface area contributed by atoms with Gasteiger partial charge in [-0.15, -0.1) is 0 Å². The molecule has 0 spiro atoms. The minimum Gasteiger partial charge on any atom is -0.457 e. The largest absolute Gasteiger partial charge is 0.457 e. The first-order valence-electron chi connectivity index (χ1n) is 9.87. The van der Waals surface area contributed by atoms with Crippen LogP contribution in [0.5, 0.6) is 0 Å². The summed E-state index contributed by atoms with van der Waals surface area (Å²) in [7, 11) is 0. The Bertz CT molecular complexity index is 1070. The van der Waals surface area contributed by atoms with Crippen molar-refractivity contribution in [2.45, 2.75) is 19.8 Å². The van der Waals surface area contributed by atoms with Crippen LogP contribution in [0.15, 0.2) is 60.8 Å². The van der Waals surface area contributed by atoms with Gasteiger partial charge in [0.15, 0.2) is 6.61 Å². The van der Waals surface area contributed by atoms with Crippen molar-refractivity contribution in [2.24, 2.45) is 0 Å². The van der Waals surface area contributed by atoms with Gasteiger partial charge in [0.2, 0.25) is 11.7 Å². The van der Waals surface area contributed by atoms with Crippen LogP contribution in [0.3, 0.4) is 0 Å². The van der Waals surface area contributed by atoms with E-state index in [1.807, 2.05) is 48.5 Å². The molecule has 154 valence electrons. The predicted octanol–water partition coefficient (Wildman–Crippen LogP) is 3.68. The number of hydrogen-bond acceptors (Lipinski definition) is 4. The molecule has 0 unspecified atom stereocenters. The first kappa shape index (κ1) is 21.0. The van der Waals surface area contributed by atoms with Gasteiger partial charge in [0.1, 0.15) is 0 Å². The molecular weight excluding hydrogens is 380 g/mol. The van der Waals surface area contributed by atoms with E-state index in [-0.39, 0.29) is 31.3 Å². The summed E-state index contributed by atoms with van der Waals surface area (Å²) in [6.07, 6.45) is 5.60. The number of para-hydroxylation sites is 1. The van der Waals surface area contributed by atoms with Gasteiger partial charge in [0.05, 0.1) is 6.42 Å². The number of ether oxygens (including phenoxy) is 1. The Morgan fingerprint density at radius 2 is 1.87 bits per heavy atom. The summed E-state index contributed by atoms with van der Waals surface area (Å²) in [4.78, 5) is 39.3. The number of ketones is 1. The second-order valence-corrected chi connectivity index (χ2v) is 6.76. The van der Waals surface area contributed by atoms with Gasteiger partial charge in [-0.3, -0.25) is 14.4 Å². The number of benzene rings is 2. The molecule has 0 saturated heterocycles. The number of aryl methyl sites for hydroxylation is 1. The maximum atomic E-state index is 12.4. The third kappa shape index (κ3) is 5.44. The van der Waals surface area contributed by atoms with Crippen LogP contribution in [0.25, 0.3) is 17.0 Å². The molecule has 6 nitrogen and oxygen atoms in total. The summed E-state index contributed by atoms with van der Waals surface area (Å²) in [5.41, 5.74) is 3.47. The lowest BCUT2D eigenvalue weighted by Gasteiger charge is -2.05. The van der Waals surface area contributed by atoms with Gasteiger partial charge in [-0.2, -0.15) is 0 Å². The highest BCUT2D eigenvalue weighted by Crippen LogP contribution is 2.22. The Morgan fingerprint density at radius 3 is 2.63 bits per heavy atom. The van der Waals surface area contributed by atoms with Crippen LogP contribution >= 0.6 is 0 Å². The van der Waals surface area contributed by atoms with E-state index in [1.54, 1.807) is 12.3 Å². The fourth-order valence-corrected chi connectivity index (χ4v) is 3.12. The fraction of sp³-hybridized carbons (Fsp3) is 0.208. The molecule has 1 heterocycles. The molecule has 0 saturated carbocycles. The lowest BCUT2D eigenvalue weighted by molar-refractivity contribution is -0.142. The summed E-state index contributed by atoms with van der Waals surface area (Å²) in [6, 6.07) is 15.2. The normalized spacial score (nSPS) is 11.0.